The number of nitro groups is 1. The second-order valence-electron chi connectivity index (χ2n) is 4.20. The molecule has 19 heavy (non-hydrogen) atoms. The number of hydrogen-bond acceptors (Lipinski definition) is 5. The van der Waals surface area contributed by atoms with Crippen LogP contribution in [0.1, 0.15) is 0 Å². The summed E-state index contributed by atoms with van der Waals surface area (Å²) in [6.45, 7) is 4.62. The van der Waals surface area contributed by atoms with E-state index in [0.717, 1.165) is 32.8 Å². The second kappa shape index (κ2) is 6.83. The highest BCUT2D eigenvalue weighted by Crippen LogP contribution is 2.26. The molecule has 0 radical (unpaired) electrons. The third-order valence-corrected chi connectivity index (χ3v) is 3.30. The Morgan fingerprint density at radius 1 is 1.37 bits per heavy atom. The average Bonchev–Trinajstić information content (AvgIpc) is 2.39. The maximum absolute atomic E-state index is 10.7. The maximum atomic E-state index is 10.7. The topological polar surface area (TPSA) is 64.8 Å². The normalized spacial score (nSPS) is 16.3. The molecule has 1 saturated heterocycles. The fourth-order valence-electron chi connectivity index (χ4n) is 1.85. The van der Waals surface area contributed by atoms with Gasteiger partial charge in [0.2, 0.25) is 0 Å². The first-order valence-corrected chi connectivity index (χ1v) is 6.82. The highest BCUT2D eigenvalue weighted by atomic mass is 79.9. The Labute approximate surface area is 119 Å². The first kappa shape index (κ1) is 14.2. The van der Waals surface area contributed by atoms with Crippen LogP contribution in [-0.4, -0.2) is 49.3 Å². The standard InChI is InChI=1S/C12H15BrN2O4/c13-10-7-11(15(16)17)9-12(8-10)19-6-3-14-1-4-18-5-2-14/h7-9H,1-6H2. The Morgan fingerprint density at radius 3 is 2.79 bits per heavy atom. The van der Waals surface area contributed by atoms with Crippen molar-refractivity contribution in [1.82, 2.24) is 4.90 Å². The van der Waals surface area contributed by atoms with E-state index >= 15 is 0 Å². The molecule has 0 amide bonds. The molecule has 1 aliphatic heterocycles. The third-order valence-electron chi connectivity index (χ3n) is 2.85. The summed E-state index contributed by atoms with van der Waals surface area (Å²) < 4.78 is 11.5. The Morgan fingerprint density at radius 2 is 2.11 bits per heavy atom. The minimum absolute atomic E-state index is 0.0238. The predicted octanol–water partition coefficient (Wildman–Crippen LogP) is 2.07. The van der Waals surface area contributed by atoms with Gasteiger partial charge in [-0.05, 0) is 6.07 Å². The first-order chi connectivity index (χ1) is 9.15. The van der Waals surface area contributed by atoms with E-state index < -0.39 is 4.92 Å². The molecule has 0 atom stereocenters. The van der Waals surface area contributed by atoms with Crippen molar-refractivity contribution in [2.24, 2.45) is 0 Å². The molecule has 1 aliphatic rings. The number of ether oxygens (including phenoxy) is 2. The smallest absolute Gasteiger partial charge is 0.274 e. The molecule has 2 rings (SSSR count). The number of nitrogens with zero attached hydrogens (tertiary/aromatic N) is 2. The summed E-state index contributed by atoms with van der Waals surface area (Å²) in [6, 6.07) is 4.62. The maximum Gasteiger partial charge on any atom is 0.274 e. The van der Waals surface area contributed by atoms with Crippen molar-refractivity contribution in [3.63, 3.8) is 0 Å². The van der Waals surface area contributed by atoms with Gasteiger partial charge in [0.25, 0.3) is 5.69 Å². The van der Waals surface area contributed by atoms with E-state index in [9.17, 15) is 10.1 Å². The third kappa shape index (κ3) is 4.45. The molecule has 7 heteroatoms. The number of halogens is 1. The molecule has 1 aromatic carbocycles. The molecule has 1 fully saturated rings. The van der Waals surface area contributed by atoms with Crippen LogP contribution < -0.4 is 4.74 Å². The van der Waals surface area contributed by atoms with Gasteiger partial charge < -0.3 is 9.47 Å². The first-order valence-electron chi connectivity index (χ1n) is 6.03. The fraction of sp³-hybridized carbons (Fsp3) is 0.500. The molecular weight excluding hydrogens is 316 g/mol. The van der Waals surface area contributed by atoms with Crippen LogP contribution >= 0.6 is 15.9 Å². The van der Waals surface area contributed by atoms with Crippen molar-refractivity contribution in [3.8, 4) is 5.75 Å². The molecule has 1 heterocycles. The number of benzene rings is 1. The minimum atomic E-state index is -0.431. The molecule has 104 valence electrons. The summed E-state index contributed by atoms with van der Waals surface area (Å²) in [5.41, 5.74) is 0.0238. The van der Waals surface area contributed by atoms with E-state index in [1.807, 2.05) is 0 Å². The van der Waals surface area contributed by atoms with Crippen LogP contribution in [0.25, 0.3) is 0 Å². The largest absolute Gasteiger partial charge is 0.492 e. The SMILES string of the molecule is O=[N+]([O-])c1cc(Br)cc(OCCN2CCOCC2)c1. The lowest BCUT2D eigenvalue weighted by molar-refractivity contribution is -0.385. The lowest BCUT2D eigenvalue weighted by Crippen LogP contribution is -2.38. The summed E-state index contributed by atoms with van der Waals surface area (Å²) in [4.78, 5) is 12.5. The van der Waals surface area contributed by atoms with Crippen molar-refractivity contribution in [2.75, 3.05) is 39.5 Å². The Balaban J connectivity index is 1.86. The fourth-order valence-corrected chi connectivity index (χ4v) is 2.31. The van der Waals surface area contributed by atoms with Crippen LogP contribution in [0, 0.1) is 10.1 Å². The molecule has 0 aliphatic carbocycles. The molecule has 0 aromatic heterocycles. The van der Waals surface area contributed by atoms with Crippen LogP contribution in [0.4, 0.5) is 5.69 Å². The summed E-state index contributed by atoms with van der Waals surface area (Å²) in [5, 5.41) is 10.7. The molecule has 0 spiro atoms. The molecule has 0 bridgehead atoms. The Kier molecular flexibility index (Phi) is 5.12. The number of rotatable bonds is 5. The van der Waals surface area contributed by atoms with Gasteiger partial charge in [-0.2, -0.15) is 0 Å². The van der Waals surface area contributed by atoms with Gasteiger partial charge >= 0.3 is 0 Å². The second-order valence-corrected chi connectivity index (χ2v) is 5.12. The summed E-state index contributed by atoms with van der Waals surface area (Å²) in [6.07, 6.45) is 0. The average molecular weight is 331 g/mol. The number of non-ortho nitro benzene ring substituents is 1. The van der Waals surface area contributed by atoms with Gasteiger partial charge in [0.15, 0.2) is 0 Å². The molecular formula is C12H15BrN2O4. The number of nitro benzene ring substituents is 1. The summed E-state index contributed by atoms with van der Waals surface area (Å²) >= 11 is 3.24. The van der Waals surface area contributed by atoms with Gasteiger partial charge in [-0.3, -0.25) is 15.0 Å². The van der Waals surface area contributed by atoms with E-state index in [0.29, 0.717) is 16.8 Å². The number of morpholine rings is 1. The molecule has 6 nitrogen and oxygen atoms in total. The predicted molar refractivity (Wildman–Crippen MR) is 73.6 cm³/mol. The van der Waals surface area contributed by atoms with E-state index in [1.165, 1.54) is 12.1 Å². The van der Waals surface area contributed by atoms with Gasteiger partial charge in [0.05, 0.1) is 24.2 Å². The van der Waals surface area contributed by atoms with Gasteiger partial charge in [-0.1, -0.05) is 15.9 Å². The van der Waals surface area contributed by atoms with Gasteiger partial charge in [-0.15, -0.1) is 0 Å². The summed E-state index contributed by atoms with van der Waals surface area (Å²) in [5.74, 6) is 0.509. The molecule has 0 N–H and O–H groups in total. The van der Waals surface area contributed by atoms with Crippen LogP contribution in [-0.2, 0) is 4.74 Å². The van der Waals surface area contributed by atoms with Crippen molar-refractivity contribution < 1.29 is 14.4 Å². The monoisotopic (exact) mass is 330 g/mol. The highest BCUT2D eigenvalue weighted by molar-refractivity contribution is 9.10. The Hall–Kier alpha value is -1.18. The van der Waals surface area contributed by atoms with E-state index in [2.05, 4.69) is 20.8 Å². The van der Waals surface area contributed by atoms with Crippen LogP contribution in [0.2, 0.25) is 0 Å². The zero-order valence-corrected chi connectivity index (χ0v) is 12.0. The van der Waals surface area contributed by atoms with Crippen LogP contribution in [0.5, 0.6) is 5.75 Å². The molecule has 0 unspecified atom stereocenters. The molecule has 1 aromatic rings. The van der Waals surface area contributed by atoms with E-state index in [1.54, 1.807) is 6.07 Å². The lowest BCUT2D eigenvalue weighted by Gasteiger charge is -2.26. The van der Waals surface area contributed by atoms with Crippen molar-refractivity contribution in [1.29, 1.82) is 0 Å². The van der Waals surface area contributed by atoms with Crippen molar-refractivity contribution in [3.05, 3.63) is 32.8 Å². The Bertz CT molecular complexity index is 449. The quantitative estimate of drug-likeness (QED) is 0.610. The van der Waals surface area contributed by atoms with Gasteiger partial charge in [-0.25, -0.2) is 0 Å². The zero-order valence-electron chi connectivity index (χ0n) is 10.4. The van der Waals surface area contributed by atoms with E-state index in [-0.39, 0.29) is 5.69 Å². The number of hydrogen-bond donors (Lipinski definition) is 0. The summed E-state index contributed by atoms with van der Waals surface area (Å²) in [7, 11) is 0. The highest BCUT2D eigenvalue weighted by Gasteiger charge is 2.12. The van der Waals surface area contributed by atoms with Crippen LogP contribution in [0.3, 0.4) is 0 Å². The van der Waals surface area contributed by atoms with Crippen molar-refractivity contribution in [2.45, 2.75) is 0 Å². The minimum Gasteiger partial charge on any atom is -0.492 e. The van der Waals surface area contributed by atoms with E-state index in [4.69, 9.17) is 9.47 Å². The van der Waals surface area contributed by atoms with Crippen LogP contribution in [0.15, 0.2) is 22.7 Å². The van der Waals surface area contributed by atoms with Gasteiger partial charge in [0, 0.05) is 30.2 Å². The van der Waals surface area contributed by atoms with Gasteiger partial charge in [0.1, 0.15) is 12.4 Å². The molecule has 0 saturated carbocycles. The zero-order chi connectivity index (χ0) is 13.7. The lowest BCUT2D eigenvalue weighted by atomic mass is 10.3. The van der Waals surface area contributed by atoms with Crippen molar-refractivity contribution >= 4 is 21.6 Å².